The van der Waals surface area contributed by atoms with Gasteiger partial charge in [-0.2, -0.15) is 13.2 Å². The molecular formula is C12H21F3N2O2. The highest BCUT2D eigenvalue weighted by atomic mass is 19.4. The van der Waals surface area contributed by atoms with E-state index in [9.17, 15) is 18.0 Å². The number of rotatable bonds is 5. The first-order chi connectivity index (χ1) is 8.85. The van der Waals surface area contributed by atoms with Crippen LogP contribution < -0.4 is 5.73 Å². The Bertz CT molecular complexity index is 297. The van der Waals surface area contributed by atoms with Gasteiger partial charge in [-0.05, 0) is 18.8 Å². The number of carbonyl (C=O) groups excluding carboxylic acids is 1. The number of carbonyl (C=O) groups is 1. The number of hydrogen-bond acceptors (Lipinski definition) is 3. The van der Waals surface area contributed by atoms with Crippen LogP contribution in [-0.2, 0) is 9.53 Å². The van der Waals surface area contributed by atoms with Gasteiger partial charge in [-0.15, -0.1) is 0 Å². The molecule has 19 heavy (non-hydrogen) atoms. The van der Waals surface area contributed by atoms with Gasteiger partial charge in [-0.3, -0.25) is 4.79 Å². The minimum atomic E-state index is -4.34. The zero-order valence-electron chi connectivity index (χ0n) is 11.1. The van der Waals surface area contributed by atoms with Gasteiger partial charge in [0.15, 0.2) is 0 Å². The number of alkyl halides is 3. The summed E-state index contributed by atoms with van der Waals surface area (Å²) in [6, 6.07) is -0.0103. The van der Waals surface area contributed by atoms with E-state index in [-0.39, 0.29) is 25.0 Å². The standard InChI is InChI=1S/C12H21F3N2O2/c1-9-3-2-5-17(10(9)7-16)11(18)4-6-19-8-12(13,14)15/h9-10H,2-8,16H2,1H3/t9-,10+/m0/s1. The molecule has 2 N–H and O–H groups in total. The molecule has 1 heterocycles. The van der Waals surface area contributed by atoms with E-state index in [2.05, 4.69) is 4.74 Å². The van der Waals surface area contributed by atoms with Crippen molar-refractivity contribution in [3.8, 4) is 0 Å². The molecule has 0 spiro atoms. The van der Waals surface area contributed by atoms with E-state index < -0.39 is 12.8 Å². The topological polar surface area (TPSA) is 55.6 Å². The monoisotopic (exact) mass is 282 g/mol. The van der Waals surface area contributed by atoms with Gasteiger partial charge in [0.1, 0.15) is 6.61 Å². The summed E-state index contributed by atoms with van der Waals surface area (Å²) in [6.45, 7) is 1.54. The van der Waals surface area contributed by atoms with Gasteiger partial charge < -0.3 is 15.4 Å². The second kappa shape index (κ2) is 7.09. The van der Waals surface area contributed by atoms with Crippen molar-refractivity contribution < 1.29 is 22.7 Å². The lowest BCUT2D eigenvalue weighted by atomic mass is 9.90. The minimum Gasteiger partial charge on any atom is -0.372 e. The number of hydrogen-bond donors (Lipinski definition) is 1. The fourth-order valence-corrected chi connectivity index (χ4v) is 2.41. The van der Waals surface area contributed by atoms with Crippen molar-refractivity contribution >= 4 is 5.91 Å². The summed E-state index contributed by atoms with van der Waals surface area (Å²) in [6.07, 6.45) is -2.44. The molecule has 1 amide bonds. The number of amides is 1. The van der Waals surface area contributed by atoms with Crippen molar-refractivity contribution in [2.24, 2.45) is 11.7 Å². The Kier molecular flexibility index (Phi) is 6.06. The Balaban J connectivity index is 2.35. The fraction of sp³-hybridized carbons (Fsp3) is 0.917. The third-order valence-electron chi connectivity index (χ3n) is 3.40. The molecule has 2 atom stereocenters. The summed E-state index contributed by atoms with van der Waals surface area (Å²) in [5.74, 6) is 0.156. The lowest BCUT2D eigenvalue weighted by Gasteiger charge is -2.39. The van der Waals surface area contributed by atoms with E-state index in [0.717, 1.165) is 12.8 Å². The lowest BCUT2D eigenvalue weighted by Crippen LogP contribution is -2.51. The molecule has 1 aliphatic heterocycles. The first kappa shape index (κ1) is 16.2. The van der Waals surface area contributed by atoms with Crippen molar-refractivity contribution in [3.05, 3.63) is 0 Å². The Morgan fingerprint density at radius 1 is 1.47 bits per heavy atom. The molecule has 0 aromatic heterocycles. The highest BCUT2D eigenvalue weighted by Gasteiger charge is 2.31. The second-order valence-corrected chi connectivity index (χ2v) is 4.93. The van der Waals surface area contributed by atoms with Crippen LogP contribution in [0.1, 0.15) is 26.2 Å². The summed E-state index contributed by atoms with van der Waals surface area (Å²) in [5, 5.41) is 0. The van der Waals surface area contributed by atoms with Crippen molar-refractivity contribution in [2.75, 3.05) is 26.3 Å². The molecule has 0 radical (unpaired) electrons. The minimum absolute atomic E-state index is 0.0103. The maximum Gasteiger partial charge on any atom is 0.411 e. The van der Waals surface area contributed by atoms with Crippen molar-refractivity contribution in [2.45, 2.75) is 38.4 Å². The predicted molar refractivity (Wildman–Crippen MR) is 64.4 cm³/mol. The molecule has 0 bridgehead atoms. The van der Waals surface area contributed by atoms with E-state index in [1.807, 2.05) is 6.92 Å². The molecule has 0 aromatic rings. The molecule has 1 rings (SSSR count). The molecule has 1 aliphatic rings. The van der Waals surface area contributed by atoms with E-state index in [1.165, 1.54) is 0 Å². The average Bonchev–Trinajstić information content (AvgIpc) is 2.33. The Labute approximate surface area is 111 Å². The van der Waals surface area contributed by atoms with E-state index >= 15 is 0 Å². The third-order valence-corrected chi connectivity index (χ3v) is 3.40. The van der Waals surface area contributed by atoms with Crippen LogP contribution in [0.3, 0.4) is 0 Å². The average molecular weight is 282 g/mol. The number of nitrogens with zero attached hydrogens (tertiary/aromatic N) is 1. The largest absolute Gasteiger partial charge is 0.411 e. The van der Waals surface area contributed by atoms with Gasteiger partial charge in [-0.1, -0.05) is 6.92 Å². The maximum absolute atomic E-state index is 11.9. The maximum atomic E-state index is 11.9. The summed E-state index contributed by atoms with van der Waals surface area (Å²) < 4.78 is 40.0. The number of halogens is 3. The molecule has 112 valence electrons. The molecule has 1 fully saturated rings. The molecule has 4 nitrogen and oxygen atoms in total. The molecule has 0 aromatic carbocycles. The van der Waals surface area contributed by atoms with E-state index in [0.29, 0.717) is 19.0 Å². The second-order valence-electron chi connectivity index (χ2n) is 4.93. The normalized spacial score (nSPS) is 24.6. The van der Waals surface area contributed by atoms with Gasteiger partial charge in [0, 0.05) is 19.1 Å². The van der Waals surface area contributed by atoms with Crippen LogP contribution in [0.2, 0.25) is 0 Å². The molecule has 1 saturated heterocycles. The number of ether oxygens (including phenoxy) is 1. The predicted octanol–water partition coefficient (Wildman–Crippen LogP) is 1.54. The van der Waals surface area contributed by atoms with E-state index in [1.54, 1.807) is 4.90 Å². The molecule has 7 heteroatoms. The Morgan fingerprint density at radius 3 is 2.74 bits per heavy atom. The smallest absolute Gasteiger partial charge is 0.372 e. The third kappa shape index (κ3) is 5.36. The van der Waals surface area contributed by atoms with Gasteiger partial charge in [0.25, 0.3) is 0 Å². The van der Waals surface area contributed by atoms with Gasteiger partial charge in [0.05, 0.1) is 13.0 Å². The molecule has 0 saturated carbocycles. The molecular weight excluding hydrogens is 261 g/mol. The summed E-state index contributed by atoms with van der Waals surface area (Å²) in [5.41, 5.74) is 5.66. The highest BCUT2D eigenvalue weighted by Crippen LogP contribution is 2.23. The van der Waals surface area contributed by atoms with Crippen LogP contribution in [0.5, 0.6) is 0 Å². The van der Waals surface area contributed by atoms with Crippen molar-refractivity contribution in [1.29, 1.82) is 0 Å². The number of nitrogens with two attached hydrogens (primary N) is 1. The molecule has 0 unspecified atom stereocenters. The van der Waals surface area contributed by atoms with Gasteiger partial charge >= 0.3 is 6.18 Å². The van der Waals surface area contributed by atoms with Crippen molar-refractivity contribution in [3.63, 3.8) is 0 Å². The van der Waals surface area contributed by atoms with E-state index in [4.69, 9.17) is 5.73 Å². The lowest BCUT2D eigenvalue weighted by molar-refractivity contribution is -0.175. The SMILES string of the molecule is C[C@H]1CCCN(C(=O)CCOCC(F)(F)F)[C@@H]1CN. The van der Waals surface area contributed by atoms with Gasteiger partial charge in [0.2, 0.25) is 5.91 Å². The van der Waals surface area contributed by atoms with Crippen LogP contribution in [0.4, 0.5) is 13.2 Å². The first-order valence-electron chi connectivity index (χ1n) is 6.49. The zero-order chi connectivity index (χ0) is 14.5. The van der Waals surface area contributed by atoms with Crippen LogP contribution in [0.15, 0.2) is 0 Å². The summed E-state index contributed by atoms with van der Waals surface area (Å²) in [7, 11) is 0. The first-order valence-corrected chi connectivity index (χ1v) is 6.49. The number of piperidine rings is 1. The van der Waals surface area contributed by atoms with Crippen molar-refractivity contribution in [1.82, 2.24) is 4.90 Å². The summed E-state index contributed by atoms with van der Waals surface area (Å²) in [4.78, 5) is 13.6. The Hall–Kier alpha value is -0.820. The van der Waals surface area contributed by atoms with Gasteiger partial charge in [-0.25, -0.2) is 0 Å². The Morgan fingerprint density at radius 2 is 2.16 bits per heavy atom. The quantitative estimate of drug-likeness (QED) is 0.778. The molecule has 0 aliphatic carbocycles. The number of likely N-dealkylation sites (tertiary alicyclic amines) is 1. The van der Waals surface area contributed by atoms with Crippen LogP contribution in [0.25, 0.3) is 0 Å². The summed E-state index contributed by atoms with van der Waals surface area (Å²) >= 11 is 0. The zero-order valence-corrected chi connectivity index (χ0v) is 11.1. The van der Waals surface area contributed by atoms with Crippen LogP contribution >= 0.6 is 0 Å². The highest BCUT2D eigenvalue weighted by molar-refractivity contribution is 5.76. The fourth-order valence-electron chi connectivity index (χ4n) is 2.41. The van der Waals surface area contributed by atoms with Crippen LogP contribution in [-0.4, -0.2) is 49.3 Å². The van der Waals surface area contributed by atoms with Crippen LogP contribution in [0, 0.1) is 5.92 Å².